The fraction of sp³-hybridized carbons (Fsp3) is 0.143. The molecule has 1 aromatic carbocycles. The predicted molar refractivity (Wildman–Crippen MR) is 38.5 cm³/mol. The van der Waals surface area contributed by atoms with Crippen LogP contribution in [0.15, 0.2) is 22.7 Å². The van der Waals surface area contributed by atoms with Crippen LogP contribution in [-0.2, 0) is 11.7 Å². The van der Waals surface area contributed by atoms with Crippen molar-refractivity contribution in [2.45, 2.75) is 6.61 Å². The van der Waals surface area contributed by atoms with Crippen LogP contribution in [0.3, 0.4) is 0 Å². The first kappa shape index (κ1) is 7.69. The molecule has 53 valence electrons. The number of halogens is 2. The molecule has 10 heavy (non-hydrogen) atoms. The van der Waals surface area contributed by atoms with E-state index in [9.17, 15) is 9.50 Å². The van der Waals surface area contributed by atoms with Crippen LogP contribution in [0.2, 0.25) is 0 Å². The van der Waals surface area contributed by atoms with Crippen molar-refractivity contribution in [3.8, 4) is 0 Å². The highest BCUT2D eigenvalue weighted by molar-refractivity contribution is 9.10. The lowest BCUT2D eigenvalue weighted by Gasteiger charge is -1.96. The second kappa shape index (κ2) is 3.12. The summed E-state index contributed by atoms with van der Waals surface area (Å²) in [6.07, 6.45) is 0. The molecule has 1 aromatic rings. The molecule has 1 rings (SSSR count). The minimum atomic E-state index is -0.330. The van der Waals surface area contributed by atoms with Crippen molar-refractivity contribution in [3.63, 3.8) is 0 Å². The van der Waals surface area contributed by atoms with Crippen LogP contribution in [0.4, 0.5) is 4.39 Å². The van der Waals surface area contributed by atoms with Gasteiger partial charge < -0.3 is 0 Å². The highest BCUT2D eigenvalue weighted by Crippen LogP contribution is 2.17. The van der Waals surface area contributed by atoms with E-state index in [4.69, 9.17) is 0 Å². The molecule has 0 amide bonds. The van der Waals surface area contributed by atoms with E-state index >= 15 is 0 Å². The Morgan fingerprint density at radius 3 is 2.70 bits per heavy atom. The fourth-order valence-electron chi connectivity index (χ4n) is 0.639. The average Bonchev–Trinajstić information content (AvgIpc) is 1.88. The van der Waals surface area contributed by atoms with E-state index in [2.05, 4.69) is 15.9 Å². The molecule has 0 aromatic heterocycles. The van der Waals surface area contributed by atoms with Crippen LogP contribution in [0.1, 0.15) is 5.56 Å². The summed E-state index contributed by atoms with van der Waals surface area (Å²) in [5, 5.41) is 10.3. The molecule has 0 aliphatic carbocycles. The molecule has 0 saturated carbocycles. The number of rotatable bonds is 1. The molecule has 0 saturated heterocycles. The fourth-order valence-corrected chi connectivity index (χ4v) is 1.10. The third-order valence-corrected chi connectivity index (χ3v) is 1.91. The molecule has 0 atom stereocenters. The van der Waals surface area contributed by atoms with Crippen molar-refractivity contribution in [2.24, 2.45) is 0 Å². The lowest BCUT2D eigenvalue weighted by atomic mass is 10.2. The second-order valence-electron chi connectivity index (χ2n) is 1.88. The Morgan fingerprint density at radius 1 is 1.50 bits per heavy atom. The van der Waals surface area contributed by atoms with E-state index < -0.39 is 0 Å². The topological polar surface area (TPSA) is 19.9 Å². The Balaban J connectivity index is 3.07. The minimum Gasteiger partial charge on any atom is -0.232 e. The molecule has 0 unspecified atom stereocenters. The molecular formula is C7H5BrFO. The minimum absolute atomic E-state index is 0.319. The first-order valence-corrected chi connectivity index (χ1v) is 3.55. The maximum absolute atomic E-state index is 12.4. The molecule has 0 aliphatic rings. The third-order valence-electron chi connectivity index (χ3n) is 1.17. The number of hydrogen-bond donors (Lipinski definition) is 0. The molecular weight excluding hydrogens is 199 g/mol. The van der Waals surface area contributed by atoms with Crippen molar-refractivity contribution >= 4 is 15.9 Å². The first-order chi connectivity index (χ1) is 4.74. The highest BCUT2D eigenvalue weighted by Gasteiger charge is 1.98. The Hall–Kier alpha value is -0.410. The van der Waals surface area contributed by atoms with E-state index in [1.807, 2.05) is 0 Å². The molecule has 0 bridgehead atoms. The molecule has 0 fully saturated rings. The molecule has 0 N–H and O–H groups in total. The summed E-state index contributed by atoms with van der Waals surface area (Å²) in [5.41, 5.74) is 0.585. The smallest absolute Gasteiger partial charge is 0.124 e. The van der Waals surface area contributed by atoms with E-state index in [-0.39, 0.29) is 12.4 Å². The third kappa shape index (κ3) is 1.55. The van der Waals surface area contributed by atoms with Crippen LogP contribution >= 0.6 is 15.9 Å². The van der Waals surface area contributed by atoms with E-state index in [0.29, 0.717) is 10.0 Å². The van der Waals surface area contributed by atoms with Crippen molar-refractivity contribution in [3.05, 3.63) is 34.1 Å². The molecule has 0 heterocycles. The van der Waals surface area contributed by atoms with Gasteiger partial charge in [-0.3, -0.25) is 0 Å². The average molecular weight is 204 g/mol. The van der Waals surface area contributed by atoms with Gasteiger partial charge >= 0.3 is 0 Å². The van der Waals surface area contributed by atoms with Crippen molar-refractivity contribution in [1.29, 1.82) is 0 Å². The second-order valence-corrected chi connectivity index (χ2v) is 2.73. The van der Waals surface area contributed by atoms with E-state index in [1.165, 1.54) is 18.2 Å². The van der Waals surface area contributed by atoms with E-state index in [1.54, 1.807) is 0 Å². The molecule has 3 heteroatoms. The van der Waals surface area contributed by atoms with Gasteiger partial charge in [-0.15, -0.1) is 0 Å². The van der Waals surface area contributed by atoms with Gasteiger partial charge in [0.15, 0.2) is 0 Å². The number of hydrogen-bond acceptors (Lipinski definition) is 0. The zero-order valence-corrected chi connectivity index (χ0v) is 6.69. The van der Waals surface area contributed by atoms with E-state index in [0.717, 1.165) is 0 Å². The zero-order chi connectivity index (χ0) is 7.56. The van der Waals surface area contributed by atoms with Gasteiger partial charge in [-0.05, 0) is 17.7 Å². The van der Waals surface area contributed by atoms with Gasteiger partial charge in [0, 0.05) is 4.47 Å². The van der Waals surface area contributed by atoms with Crippen molar-refractivity contribution in [2.75, 3.05) is 0 Å². The summed E-state index contributed by atoms with van der Waals surface area (Å²) in [4.78, 5) is 0. The van der Waals surface area contributed by atoms with Gasteiger partial charge in [0.1, 0.15) is 12.4 Å². The Labute approximate surface area is 66.6 Å². The van der Waals surface area contributed by atoms with Gasteiger partial charge in [0.05, 0.1) is 0 Å². The molecule has 1 nitrogen and oxygen atoms in total. The maximum atomic E-state index is 12.4. The SMILES string of the molecule is [O]Cc1ccc(F)cc1Br. The predicted octanol–water partition coefficient (Wildman–Crippen LogP) is 2.52. The van der Waals surface area contributed by atoms with Crippen LogP contribution in [0.25, 0.3) is 0 Å². The summed E-state index contributed by atoms with van der Waals surface area (Å²) in [5.74, 6) is -0.330. The largest absolute Gasteiger partial charge is 0.232 e. The Bertz CT molecular complexity index is 237. The van der Waals surface area contributed by atoms with Crippen LogP contribution in [0.5, 0.6) is 0 Å². The monoisotopic (exact) mass is 203 g/mol. The summed E-state index contributed by atoms with van der Waals surface area (Å²) < 4.78 is 12.9. The van der Waals surface area contributed by atoms with Crippen molar-refractivity contribution < 1.29 is 9.50 Å². The highest BCUT2D eigenvalue weighted by atomic mass is 79.9. The lowest BCUT2D eigenvalue weighted by molar-refractivity contribution is 0.177. The maximum Gasteiger partial charge on any atom is 0.124 e. The quantitative estimate of drug-likeness (QED) is 0.669. The van der Waals surface area contributed by atoms with Crippen molar-refractivity contribution in [1.82, 2.24) is 0 Å². The van der Waals surface area contributed by atoms with Gasteiger partial charge in [0.2, 0.25) is 0 Å². The summed E-state index contributed by atoms with van der Waals surface area (Å²) in [6.45, 7) is -0.319. The van der Waals surface area contributed by atoms with Gasteiger partial charge in [-0.1, -0.05) is 22.0 Å². The summed E-state index contributed by atoms with van der Waals surface area (Å²) in [6, 6.07) is 4.04. The van der Waals surface area contributed by atoms with Gasteiger partial charge in [-0.25, -0.2) is 9.50 Å². The first-order valence-electron chi connectivity index (χ1n) is 2.76. The molecule has 0 aliphatic heterocycles. The van der Waals surface area contributed by atoms with Crippen LogP contribution in [0, 0.1) is 5.82 Å². The van der Waals surface area contributed by atoms with Crippen LogP contribution < -0.4 is 0 Å². The summed E-state index contributed by atoms with van der Waals surface area (Å²) >= 11 is 3.07. The summed E-state index contributed by atoms with van der Waals surface area (Å²) in [7, 11) is 0. The zero-order valence-electron chi connectivity index (χ0n) is 5.10. The number of benzene rings is 1. The Morgan fingerprint density at radius 2 is 2.20 bits per heavy atom. The molecule has 0 spiro atoms. The standard InChI is InChI=1S/C7H5BrFO/c8-7-3-6(9)2-1-5(7)4-10/h1-3H,4H2. The lowest BCUT2D eigenvalue weighted by Crippen LogP contribution is -1.84. The normalized spacial score (nSPS) is 9.90. The van der Waals surface area contributed by atoms with Gasteiger partial charge in [0.25, 0.3) is 0 Å². The van der Waals surface area contributed by atoms with Crippen LogP contribution in [-0.4, -0.2) is 0 Å². The van der Waals surface area contributed by atoms with Gasteiger partial charge in [-0.2, -0.15) is 0 Å². The Kier molecular flexibility index (Phi) is 2.40. The molecule has 1 radical (unpaired) electrons.